The summed E-state index contributed by atoms with van der Waals surface area (Å²) in [5, 5.41) is 0. The Morgan fingerprint density at radius 3 is 2.60 bits per heavy atom. The third kappa shape index (κ3) is 3.43. The van der Waals surface area contributed by atoms with Gasteiger partial charge in [0.15, 0.2) is 0 Å². The van der Waals surface area contributed by atoms with Crippen molar-refractivity contribution in [2.45, 2.75) is 26.9 Å². The monoisotopic (exact) mass is 346 g/mol. The summed E-state index contributed by atoms with van der Waals surface area (Å²) < 4.78 is 20.2. The topological polar surface area (TPSA) is 50.6 Å². The molecule has 2 heterocycles. The molecule has 0 bridgehead atoms. The minimum absolute atomic E-state index is 0.0146. The lowest BCUT2D eigenvalue weighted by Crippen LogP contribution is -2.48. The van der Waals surface area contributed by atoms with E-state index in [0.29, 0.717) is 38.9 Å². The van der Waals surface area contributed by atoms with Crippen LogP contribution in [0.15, 0.2) is 29.1 Å². The molecule has 6 nitrogen and oxygen atoms in total. The fourth-order valence-electron chi connectivity index (χ4n) is 3.11. The Morgan fingerprint density at radius 1 is 1.24 bits per heavy atom. The molecule has 0 atom stereocenters. The van der Waals surface area contributed by atoms with Crippen molar-refractivity contribution in [2.75, 3.05) is 31.8 Å². The van der Waals surface area contributed by atoms with E-state index in [0.717, 1.165) is 16.9 Å². The SMILES string of the molecule is CCc1c(C)nc2n(c1=O)CN(CCOC)CN2c1ccc(F)cc1. The molecule has 1 aromatic carbocycles. The summed E-state index contributed by atoms with van der Waals surface area (Å²) >= 11 is 0. The van der Waals surface area contributed by atoms with Gasteiger partial charge in [-0.1, -0.05) is 6.92 Å². The highest BCUT2D eigenvalue weighted by Crippen LogP contribution is 2.27. The van der Waals surface area contributed by atoms with Gasteiger partial charge in [-0.25, -0.2) is 9.37 Å². The molecule has 0 N–H and O–H groups in total. The lowest BCUT2D eigenvalue weighted by atomic mass is 10.2. The Balaban J connectivity index is 2.09. The summed E-state index contributed by atoms with van der Waals surface area (Å²) in [4.78, 5) is 21.6. The Labute approximate surface area is 146 Å². The normalized spacial score (nSPS) is 14.6. The first-order valence-electron chi connectivity index (χ1n) is 8.39. The average Bonchev–Trinajstić information content (AvgIpc) is 2.61. The first-order chi connectivity index (χ1) is 12.0. The number of methoxy groups -OCH3 is 1. The summed E-state index contributed by atoms with van der Waals surface area (Å²) in [5.41, 5.74) is 2.26. The van der Waals surface area contributed by atoms with Crippen LogP contribution in [0.4, 0.5) is 16.0 Å². The third-order valence-electron chi connectivity index (χ3n) is 4.48. The average molecular weight is 346 g/mol. The Hall–Kier alpha value is -2.25. The molecule has 0 aliphatic carbocycles. The van der Waals surface area contributed by atoms with Crippen LogP contribution in [0.5, 0.6) is 0 Å². The second-order valence-corrected chi connectivity index (χ2v) is 6.14. The zero-order valence-corrected chi connectivity index (χ0v) is 14.8. The van der Waals surface area contributed by atoms with Crippen LogP contribution in [0.25, 0.3) is 0 Å². The molecule has 0 amide bonds. The zero-order valence-electron chi connectivity index (χ0n) is 14.8. The second kappa shape index (κ2) is 7.33. The van der Waals surface area contributed by atoms with Gasteiger partial charge in [0.1, 0.15) is 5.82 Å². The lowest BCUT2D eigenvalue weighted by molar-refractivity contribution is 0.121. The molecule has 134 valence electrons. The van der Waals surface area contributed by atoms with Gasteiger partial charge in [0, 0.05) is 30.6 Å². The van der Waals surface area contributed by atoms with Gasteiger partial charge in [0.2, 0.25) is 5.95 Å². The van der Waals surface area contributed by atoms with Crippen LogP contribution < -0.4 is 10.5 Å². The van der Waals surface area contributed by atoms with Gasteiger partial charge < -0.3 is 4.74 Å². The molecular weight excluding hydrogens is 323 g/mol. The van der Waals surface area contributed by atoms with Crippen LogP contribution in [0, 0.1) is 12.7 Å². The van der Waals surface area contributed by atoms with Crippen molar-refractivity contribution in [2.24, 2.45) is 0 Å². The number of nitrogens with zero attached hydrogens (tertiary/aromatic N) is 4. The Morgan fingerprint density at radius 2 is 1.96 bits per heavy atom. The van der Waals surface area contributed by atoms with Gasteiger partial charge in [-0.05, 0) is 37.6 Å². The molecule has 1 aromatic heterocycles. The number of rotatable bonds is 5. The van der Waals surface area contributed by atoms with E-state index in [1.165, 1.54) is 12.1 Å². The molecule has 1 aliphatic heterocycles. The largest absolute Gasteiger partial charge is 0.383 e. The van der Waals surface area contributed by atoms with E-state index in [2.05, 4.69) is 9.88 Å². The molecule has 3 rings (SSSR count). The maximum atomic E-state index is 13.3. The minimum Gasteiger partial charge on any atom is -0.383 e. The maximum absolute atomic E-state index is 13.3. The van der Waals surface area contributed by atoms with Crippen LogP contribution in [0.2, 0.25) is 0 Å². The predicted molar refractivity (Wildman–Crippen MR) is 94.6 cm³/mol. The third-order valence-corrected chi connectivity index (χ3v) is 4.48. The molecule has 0 saturated carbocycles. The number of anilines is 2. The lowest BCUT2D eigenvalue weighted by Gasteiger charge is -2.38. The summed E-state index contributed by atoms with van der Waals surface area (Å²) in [7, 11) is 1.65. The first kappa shape index (κ1) is 17.6. The molecule has 7 heteroatoms. The highest BCUT2D eigenvalue weighted by molar-refractivity contribution is 5.58. The summed E-state index contributed by atoms with van der Waals surface area (Å²) in [5.74, 6) is 0.305. The van der Waals surface area contributed by atoms with E-state index in [-0.39, 0.29) is 11.4 Å². The van der Waals surface area contributed by atoms with Crippen LogP contribution in [0.3, 0.4) is 0 Å². The van der Waals surface area contributed by atoms with Gasteiger partial charge in [0.05, 0.1) is 19.9 Å². The van der Waals surface area contributed by atoms with Crippen molar-refractivity contribution in [3.05, 3.63) is 51.7 Å². The molecule has 0 spiro atoms. The molecule has 25 heavy (non-hydrogen) atoms. The van der Waals surface area contributed by atoms with Gasteiger partial charge in [-0.3, -0.25) is 19.2 Å². The van der Waals surface area contributed by atoms with Crippen molar-refractivity contribution < 1.29 is 9.13 Å². The number of ether oxygens (including phenoxy) is 1. The van der Waals surface area contributed by atoms with E-state index in [1.54, 1.807) is 23.8 Å². The first-order valence-corrected chi connectivity index (χ1v) is 8.39. The van der Waals surface area contributed by atoms with E-state index in [9.17, 15) is 9.18 Å². The summed E-state index contributed by atoms with van der Waals surface area (Å²) in [6.45, 7) is 6.11. The van der Waals surface area contributed by atoms with E-state index in [4.69, 9.17) is 4.74 Å². The number of hydrogen-bond acceptors (Lipinski definition) is 5. The maximum Gasteiger partial charge on any atom is 0.259 e. The Kier molecular flexibility index (Phi) is 5.15. The fraction of sp³-hybridized carbons (Fsp3) is 0.444. The van der Waals surface area contributed by atoms with Gasteiger partial charge >= 0.3 is 0 Å². The van der Waals surface area contributed by atoms with Gasteiger partial charge in [0.25, 0.3) is 5.56 Å². The highest BCUT2D eigenvalue weighted by Gasteiger charge is 2.27. The number of hydrogen-bond donors (Lipinski definition) is 0. The van der Waals surface area contributed by atoms with Crippen LogP contribution >= 0.6 is 0 Å². The zero-order chi connectivity index (χ0) is 18.0. The minimum atomic E-state index is -0.292. The van der Waals surface area contributed by atoms with Gasteiger partial charge in [-0.2, -0.15) is 0 Å². The van der Waals surface area contributed by atoms with Crippen molar-refractivity contribution in [1.29, 1.82) is 0 Å². The van der Waals surface area contributed by atoms with Crippen LogP contribution in [-0.2, 0) is 17.8 Å². The van der Waals surface area contributed by atoms with Crippen molar-refractivity contribution >= 4 is 11.6 Å². The molecule has 1 aliphatic rings. The molecule has 0 saturated heterocycles. The molecule has 0 fully saturated rings. The number of fused-ring (bicyclic) bond motifs is 1. The standard InChI is InChI=1S/C18H23FN4O2/c1-4-16-13(2)20-18-22(15-7-5-14(19)6-8-15)11-21(9-10-25-3)12-23(18)17(16)24/h5-8H,4,9-12H2,1-3H3. The highest BCUT2D eigenvalue weighted by atomic mass is 19.1. The van der Waals surface area contributed by atoms with Crippen LogP contribution in [-0.4, -0.2) is 41.4 Å². The quantitative estimate of drug-likeness (QED) is 0.831. The molecule has 2 aromatic rings. The van der Waals surface area contributed by atoms with E-state index in [1.807, 2.05) is 18.7 Å². The summed E-state index contributed by atoms with van der Waals surface area (Å²) in [6.07, 6.45) is 0.645. The smallest absolute Gasteiger partial charge is 0.259 e. The molecule has 0 radical (unpaired) electrons. The van der Waals surface area contributed by atoms with Crippen molar-refractivity contribution in [1.82, 2.24) is 14.5 Å². The number of aromatic nitrogens is 2. The number of halogens is 1. The number of aryl methyl sites for hydroxylation is 1. The summed E-state index contributed by atoms with van der Waals surface area (Å²) in [6, 6.07) is 6.24. The van der Waals surface area contributed by atoms with Crippen molar-refractivity contribution in [3.8, 4) is 0 Å². The van der Waals surface area contributed by atoms with E-state index >= 15 is 0 Å². The molecular formula is C18H23FN4O2. The van der Waals surface area contributed by atoms with Crippen LogP contribution in [0.1, 0.15) is 18.2 Å². The molecule has 0 unspecified atom stereocenters. The number of benzene rings is 1. The van der Waals surface area contributed by atoms with E-state index < -0.39 is 0 Å². The van der Waals surface area contributed by atoms with Crippen molar-refractivity contribution in [3.63, 3.8) is 0 Å². The Bertz CT molecular complexity index is 804. The van der Waals surface area contributed by atoms with Gasteiger partial charge in [-0.15, -0.1) is 0 Å². The second-order valence-electron chi connectivity index (χ2n) is 6.14. The predicted octanol–water partition coefficient (Wildman–Crippen LogP) is 2.27. The fourth-order valence-corrected chi connectivity index (χ4v) is 3.11.